The van der Waals surface area contributed by atoms with E-state index in [1.54, 1.807) is 45.0 Å². The number of nitrogens with zero attached hydrogens (tertiary/aromatic N) is 1. The summed E-state index contributed by atoms with van der Waals surface area (Å²) in [6, 6.07) is 10.8. The first kappa shape index (κ1) is 30.8. The van der Waals surface area contributed by atoms with Crippen LogP contribution in [0, 0.1) is 26.2 Å². The number of hydrogen-bond acceptors (Lipinski definition) is 5. The van der Waals surface area contributed by atoms with Gasteiger partial charge in [0.1, 0.15) is 17.7 Å². The van der Waals surface area contributed by atoms with Gasteiger partial charge in [-0.2, -0.15) is 12.6 Å². The molecule has 0 fully saturated rings. The van der Waals surface area contributed by atoms with Gasteiger partial charge in [-0.25, -0.2) is 4.79 Å². The Morgan fingerprint density at radius 3 is 2.18 bits per heavy atom. The molecule has 7 nitrogen and oxygen atoms in total. The predicted molar refractivity (Wildman–Crippen MR) is 155 cm³/mol. The third-order valence-electron chi connectivity index (χ3n) is 5.89. The van der Waals surface area contributed by atoms with Gasteiger partial charge in [-0.1, -0.05) is 49.6 Å². The largest absolute Gasteiger partial charge is 0.444 e. The summed E-state index contributed by atoms with van der Waals surface area (Å²) < 4.78 is 5.35. The third-order valence-corrected chi connectivity index (χ3v) is 6.25. The topological polar surface area (TPSA) is 87.7 Å². The first-order valence-corrected chi connectivity index (χ1v) is 13.4. The Morgan fingerprint density at radius 2 is 1.68 bits per heavy atom. The van der Waals surface area contributed by atoms with Crippen molar-refractivity contribution in [1.82, 2.24) is 10.2 Å². The van der Waals surface area contributed by atoms with Crippen LogP contribution in [0.1, 0.15) is 68.8 Å². The van der Waals surface area contributed by atoms with Gasteiger partial charge in [0, 0.05) is 23.5 Å². The maximum Gasteiger partial charge on any atom is 0.408 e. The van der Waals surface area contributed by atoms with Crippen LogP contribution in [0.2, 0.25) is 0 Å². The number of unbranched alkanes of at least 4 members (excludes halogenated alkanes) is 1. The molecular weight excluding hydrogens is 498 g/mol. The number of alkyl carbamates (subject to hydrolysis) is 1. The summed E-state index contributed by atoms with van der Waals surface area (Å²) in [6.07, 6.45) is 6.27. The molecule has 2 rings (SSSR count). The van der Waals surface area contributed by atoms with E-state index in [1.165, 1.54) is 4.90 Å². The first-order valence-electron chi connectivity index (χ1n) is 12.8. The summed E-state index contributed by atoms with van der Waals surface area (Å²) in [5.41, 5.74) is 3.05. The minimum Gasteiger partial charge on any atom is -0.444 e. The summed E-state index contributed by atoms with van der Waals surface area (Å²) in [4.78, 5) is 41.8. The van der Waals surface area contributed by atoms with Crippen LogP contribution < -0.4 is 10.6 Å². The number of carbonyl (C=O) groups is 3. The number of terminal acetylenes is 1. The number of aryl methyl sites for hydroxylation is 2. The van der Waals surface area contributed by atoms with Crippen molar-refractivity contribution in [2.75, 3.05) is 17.6 Å². The van der Waals surface area contributed by atoms with Crippen molar-refractivity contribution >= 4 is 36.2 Å². The molecule has 38 heavy (non-hydrogen) atoms. The van der Waals surface area contributed by atoms with Crippen molar-refractivity contribution in [2.24, 2.45) is 0 Å². The highest BCUT2D eigenvalue weighted by molar-refractivity contribution is 7.80. The normalized spacial score (nSPS) is 12.6. The van der Waals surface area contributed by atoms with Gasteiger partial charge in [-0.15, -0.1) is 6.42 Å². The van der Waals surface area contributed by atoms with Crippen LogP contribution in [0.3, 0.4) is 0 Å². The molecule has 2 atom stereocenters. The minimum atomic E-state index is -0.995. The SMILES string of the molecule is C#Cc1ccc(C(C(=O)Nc2c(C)cccc2C)N(CCCC)C(=O)C(CS)NC(=O)OC(C)(C)C)cc1. The zero-order valence-corrected chi connectivity index (χ0v) is 24.0. The molecule has 2 N–H and O–H groups in total. The monoisotopic (exact) mass is 537 g/mol. The van der Waals surface area contributed by atoms with Crippen LogP contribution in [0.15, 0.2) is 42.5 Å². The molecule has 2 aromatic rings. The zero-order chi connectivity index (χ0) is 28.5. The van der Waals surface area contributed by atoms with Gasteiger partial charge in [0.25, 0.3) is 5.91 Å². The molecule has 0 spiro atoms. The number of carbonyl (C=O) groups excluding carboxylic acids is 3. The van der Waals surface area contributed by atoms with E-state index in [0.717, 1.165) is 17.5 Å². The fourth-order valence-corrected chi connectivity index (χ4v) is 4.22. The lowest BCUT2D eigenvalue weighted by atomic mass is 10.00. The van der Waals surface area contributed by atoms with Gasteiger partial charge in [0.2, 0.25) is 5.91 Å². The van der Waals surface area contributed by atoms with E-state index in [2.05, 4.69) is 29.2 Å². The lowest BCUT2D eigenvalue weighted by Gasteiger charge is -2.34. The maximum atomic E-state index is 13.9. The van der Waals surface area contributed by atoms with Gasteiger partial charge in [-0.05, 0) is 69.9 Å². The second-order valence-corrected chi connectivity index (χ2v) is 10.6. The Morgan fingerprint density at radius 1 is 1.08 bits per heavy atom. The first-order chi connectivity index (χ1) is 17.9. The number of hydrogen-bond donors (Lipinski definition) is 3. The van der Waals surface area contributed by atoms with E-state index in [9.17, 15) is 14.4 Å². The highest BCUT2D eigenvalue weighted by Gasteiger charge is 2.36. The van der Waals surface area contributed by atoms with E-state index < -0.39 is 29.7 Å². The number of para-hydroxylation sites is 1. The zero-order valence-electron chi connectivity index (χ0n) is 23.1. The van der Waals surface area contributed by atoms with E-state index >= 15 is 0 Å². The minimum absolute atomic E-state index is 0.0297. The summed E-state index contributed by atoms with van der Waals surface area (Å²) in [6.45, 7) is 11.4. The fourth-order valence-electron chi connectivity index (χ4n) is 3.97. The van der Waals surface area contributed by atoms with Crippen LogP contribution in [0.4, 0.5) is 10.5 Å². The van der Waals surface area contributed by atoms with Crippen LogP contribution in [-0.2, 0) is 14.3 Å². The Balaban J connectivity index is 2.53. The molecule has 0 radical (unpaired) electrons. The molecule has 0 saturated carbocycles. The maximum absolute atomic E-state index is 13.9. The smallest absolute Gasteiger partial charge is 0.408 e. The molecule has 0 aliphatic carbocycles. The molecule has 0 saturated heterocycles. The third kappa shape index (κ3) is 8.56. The average molecular weight is 538 g/mol. The summed E-state index contributed by atoms with van der Waals surface area (Å²) in [5, 5.41) is 5.67. The van der Waals surface area contributed by atoms with Crippen LogP contribution in [-0.4, -0.2) is 46.7 Å². The summed E-state index contributed by atoms with van der Waals surface area (Å²) in [7, 11) is 0. The summed E-state index contributed by atoms with van der Waals surface area (Å²) in [5.74, 6) is 1.81. The molecule has 204 valence electrons. The second kappa shape index (κ2) is 13.9. The molecule has 0 bridgehead atoms. The van der Waals surface area contributed by atoms with Crippen molar-refractivity contribution in [3.63, 3.8) is 0 Å². The van der Waals surface area contributed by atoms with Gasteiger partial charge in [0.05, 0.1) is 0 Å². The van der Waals surface area contributed by atoms with Crippen molar-refractivity contribution in [3.05, 3.63) is 64.7 Å². The number of benzene rings is 2. The molecule has 3 amide bonds. The molecular formula is C30H39N3O4S. The van der Waals surface area contributed by atoms with E-state index in [4.69, 9.17) is 11.2 Å². The number of ether oxygens (including phenoxy) is 1. The van der Waals surface area contributed by atoms with E-state index in [-0.39, 0.29) is 11.7 Å². The molecule has 0 aliphatic rings. The summed E-state index contributed by atoms with van der Waals surface area (Å²) >= 11 is 4.33. The van der Waals surface area contributed by atoms with E-state index in [0.29, 0.717) is 29.8 Å². The molecule has 2 unspecified atom stereocenters. The number of nitrogens with one attached hydrogen (secondary N) is 2. The fraction of sp³-hybridized carbons (Fsp3) is 0.433. The number of anilines is 1. The molecule has 8 heteroatoms. The standard InChI is InChI=1S/C30H39N3O4S/c1-8-10-18-33(28(35)24(19-38)31-29(36)37-30(5,6)7)26(23-16-14-22(9-2)15-17-23)27(34)32-25-20(3)12-11-13-21(25)4/h2,11-17,24,26,38H,8,10,18-19H2,1,3-7H3,(H,31,36)(H,32,34). The molecule has 0 aromatic heterocycles. The number of rotatable bonds is 10. The van der Waals surface area contributed by atoms with Crippen molar-refractivity contribution in [2.45, 2.75) is 72.1 Å². The Labute approximate surface area is 232 Å². The van der Waals surface area contributed by atoms with Crippen LogP contribution in [0.5, 0.6) is 0 Å². The lowest BCUT2D eigenvalue weighted by Crippen LogP contribution is -2.53. The van der Waals surface area contributed by atoms with Crippen molar-refractivity contribution in [1.29, 1.82) is 0 Å². The highest BCUT2D eigenvalue weighted by Crippen LogP contribution is 2.27. The lowest BCUT2D eigenvalue weighted by molar-refractivity contribution is -0.140. The molecule has 0 aliphatic heterocycles. The average Bonchev–Trinajstić information content (AvgIpc) is 2.86. The Bertz CT molecular complexity index is 1150. The highest BCUT2D eigenvalue weighted by atomic mass is 32.1. The predicted octanol–water partition coefficient (Wildman–Crippen LogP) is 5.42. The molecule has 0 heterocycles. The van der Waals surface area contributed by atoms with E-state index in [1.807, 2.05) is 39.0 Å². The molecule has 2 aromatic carbocycles. The second-order valence-electron chi connectivity index (χ2n) is 10.2. The number of thiol groups is 1. The Hall–Kier alpha value is -3.44. The quantitative estimate of drug-likeness (QED) is 0.279. The van der Waals surface area contributed by atoms with Gasteiger partial charge < -0.3 is 20.3 Å². The van der Waals surface area contributed by atoms with Crippen LogP contribution in [0.25, 0.3) is 0 Å². The number of amides is 3. The van der Waals surface area contributed by atoms with Crippen LogP contribution >= 0.6 is 12.6 Å². The van der Waals surface area contributed by atoms with Gasteiger partial charge >= 0.3 is 6.09 Å². The van der Waals surface area contributed by atoms with Crippen molar-refractivity contribution < 1.29 is 19.1 Å². The van der Waals surface area contributed by atoms with Gasteiger partial charge in [-0.3, -0.25) is 9.59 Å². The van der Waals surface area contributed by atoms with Crippen molar-refractivity contribution in [3.8, 4) is 12.3 Å². The Kier molecular flexibility index (Phi) is 11.3. The van der Waals surface area contributed by atoms with Gasteiger partial charge in [0.15, 0.2) is 0 Å².